The lowest BCUT2D eigenvalue weighted by Crippen LogP contribution is -2.07. The van der Waals surface area contributed by atoms with Crippen molar-refractivity contribution in [3.05, 3.63) is 22.8 Å². The molecule has 2 aromatic rings. The van der Waals surface area contributed by atoms with Crippen LogP contribution in [-0.2, 0) is 11.3 Å². The summed E-state index contributed by atoms with van der Waals surface area (Å²) in [6.45, 7) is 5.93. The topological polar surface area (TPSA) is 39.1 Å². The van der Waals surface area contributed by atoms with Crippen LogP contribution in [0.25, 0.3) is 11.3 Å². The Morgan fingerprint density at radius 3 is 2.95 bits per heavy atom. The molecular weight excluding hydrogens is 270 g/mol. The van der Waals surface area contributed by atoms with Crippen LogP contribution in [0.1, 0.15) is 24.2 Å². The number of nitrogens with zero attached hydrogens (tertiary/aromatic N) is 2. The van der Waals surface area contributed by atoms with E-state index in [2.05, 4.69) is 35.2 Å². The van der Waals surface area contributed by atoms with Gasteiger partial charge in [-0.05, 0) is 32.8 Å². The number of hydrogen-bond donors (Lipinski definition) is 1. The molecule has 0 bridgehead atoms. The summed E-state index contributed by atoms with van der Waals surface area (Å²) in [6.07, 6.45) is 2.56. The lowest BCUT2D eigenvalue weighted by atomic mass is 10.2. The molecule has 3 rings (SSSR count). The highest BCUT2D eigenvalue weighted by atomic mass is 32.1. The number of hydrogen-bond acceptors (Lipinski definition) is 4. The SMILES string of the molecule is COCCn1c(C)cc(-c2csc(NC3CC3)n2)c1C. The highest BCUT2D eigenvalue weighted by Gasteiger charge is 2.22. The van der Waals surface area contributed by atoms with Crippen molar-refractivity contribution in [2.75, 3.05) is 19.0 Å². The quantitative estimate of drug-likeness (QED) is 0.886. The molecule has 20 heavy (non-hydrogen) atoms. The van der Waals surface area contributed by atoms with Crippen LogP contribution in [0.15, 0.2) is 11.4 Å². The summed E-state index contributed by atoms with van der Waals surface area (Å²) in [5, 5.41) is 6.65. The van der Waals surface area contributed by atoms with Crippen molar-refractivity contribution in [3.8, 4) is 11.3 Å². The Balaban J connectivity index is 1.83. The molecule has 0 radical (unpaired) electrons. The zero-order chi connectivity index (χ0) is 14.1. The van der Waals surface area contributed by atoms with Crippen LogP contribution in [0.5, 0.6) is 0 Å². The first kappa shape index (κ1) is 13.6. The fourth-order valence-electron chi connectivity index (χ4n) is 2.45. The van der Waals surface area contributed by atoms with E-state index in [0.29, 0.717) is 6.04 Å². The molecule has 0 saturated heterocycles. The first-order chi connectivity index (χ1) is 9.69. The molecule has 2 aromatic heterocycles. The molecule has 2 heterocycles. The fourth-order valence-corrected chi connectivity index (χ4v) is 3.24. The van der Waals surface area contributed by atoms with Gasteiger partial charge < -0.3 is 14.6 Å². The van der Waals surface area contributed by atoms with Gasteiger partial charge in [0.25, 0.3) is 0 Å². The average molecular weight is 291 g/mol. The van der Waals surface area contributed by atoms with Gasteiger partial charge in [-0.1, -0.05) is 0 Å². The van der Waals surface area contributed by atoms with E-state index < -0.39 is 0 Å². The van der Waals surface area contributed by atoms with Crippen molar-refractivity contribution in [3.63, 3.8) is 0 Å². The molecule has 0 spiro atoms. The maximum Gasteiger partial charge on any atom is 0.183 e. The second-order valence-corrected chi connectivity index (χ2v) is 6.24. The molecule has 0 atom stereocenters. The largest absolute Gasteiger partial charge is 0.383 e. The fraction of sp³-hybridized carbons (Fsp3) is 0.533. The summed E-state index contributed by atoms with van der Waals surface area (Å²) in [7, 11) is 1.74. The van der Waals surface area contributed by atoms with E-state index in [4.69, 9.17) is 9.72 Å². The number of anilines is 1. The Bertz CT molecular complexity index is 598. The van der Waals surface area contributed by atoms with Crippen molar-refractivity contribution in [1.82, 2.24) is 9.55 Å². The van der Waals surface area contributed by atoms with Crippen molar-refractivity contribution in [2.24, 2.45) is 0 Å². The smallest absolute Gasteiger partial charge is 0.183 e. The minimum Gasteiger partial charge on any atom is -0.383 e. The van der Waals surface area contributed by atoms with Gasteiger partial charge in [-0.2, -0.15) is 0 Å². The van der Waals surface area contributed by atoms with Gasteiger partial charge >= 0.3 is 0 Å². The molecule has 1 aliphatic carbocycles. The number of thiazole rings is 1. The van der Waals surface area contributed by atoms with E-state index >= 15 is 0 Å². The summed E-state index contributed by atoms with van der Waals surface area (Å²) in [6, 6.07) is 2.88. The van der Waals surface area contributed by atoms with Crippen LogP contribution < -0.4 is 5.32 Å². The monoisotopic (exact) mass is 291 g/mol. The van der Waals surface area contributed by atoms with Crippen LogP contribution in [0.2, 0.25) is 0 Å². The van der Waals surface area contributed by atoms with E-state index in [1.54, 1.807) is 18.4 Å². The summed E-state index contributed by atoms with van der Waals surface area (Å²) in [5.74, 6) is 0. The maximum atomic E-state index is 5.18. The minimum absolute atomic E-state index is 0.656. The number of methoxy groups -OCH3 is 1. The third-order valence-corrected chi connectivity index (χ3v) is 4.55. The van der Waals surface area contributed by atoms with E-state index in [1.165, 1.54) is 29.8 Å². The Morgan fingerprint density at radius 2 is 2.25 bits per heavy atom. The molecule has 1 fully saturated rings. The lowest BCUT2D eigenvalue weighted by Gasteiger charge is -2.08. The number of nitrogens with one attached hydrogen (secondary N) is 1. The van der Waals surface area contributed by atoms with E-state index in [-0.39, 0.29) is 0 Å². The van der Waals surface area contributed by atoms with E-state index in [1.807, 2.05) is 0 Å². The molecule has 1 N–H and O–H groups in total. The van der Waals surface area contributed by atoms with Crippen LogP contribution in [0.3, 0.4) is 0 Å². The molecular formula is C15H21N3OS. The van der Waals surface area contributed by atoms with Crippen LogP contribution in [-0.4, -0.2) is 29.3 Å². The zero-order valence-electron chi connectivity index (χ0n) is 12.3. The second-order valence-electron chi connectivity index (χ2n) is 5.39. The van der Waals surface area contributed by atoms with Crippen molar-refractivity contribution in [2.45, 2.75) is 39.3 Å². The molecule has 5 heteroatoms. The Labute approximate surface area is 123 Å². The van der Waals surface area contributed by atoms with Gasteiger partial charge in [-0.3, -0.25) is 0 Å². The summed E-state index contributed by atoms with van der Waals surface area (Å²) in [4.78, 5) is 4.72. The zero-order valence-corrected chi connectivity index (χ0v) is 13.1. The molecule has 1 saturated carbocycles. The van der Waals surface area contributed by atoms with Crippen molar-refractivity contribution in [1.29, 1.82) is 0 Å². The van der Waals surface area contributed by atoms with Gasteiger partial charge in [0.05, 0.1) is 12.3 Å². The number of aryl methyl sites for hydroxylation is 1. The van der Waals surface area contributed by atoms with Crippen LogP contribution in [0.4, 0.5) is 5.13 Å². The first-order valence-corrected chi connectivity index (χ1v) is 7.95. The van der Waals surface area contributed by atoms with E-state index in [0.717, 1.165) is 24.0 Å². The maximum absolute atomic E-state index is 5.18. The highest BCUT2D eigenvalue weighted by molar-refractivity contribution is 7.14. The third kappa shape index (κ3) is 2.74. The van der Waals surface area contributed by atoms with Gasteiger partial charge in [0.15, 0.2) is 5.13 Å². The summed E-state index contributed by atoms with van der Waals surface area (Å²) < 4.78 is 7.48. The van der Waals surface area contributed by atoms with Gasteiger partial charge in [-0.25, -0.2) is 4.98 Å². The Morgan fingerprint density at radius 1 is 1.45 bits per heavy atom. The molecule has 108 valence electrons. The lowest BCUT2D eigenvalue weighted by molar-refractivity contribution is 0.186. The van der Waals surface area contributed by atoms with Crippen LogP contribution >= 0.6 is 11.3 Å². The Kier molecular flexibility index (Phi) is 3.81. The van der Waals surface area contributed by atoms with Crippen molar-refractivity contribution < 1.29 is 4.74 Å². The molecule has 0 aromatic carbocycles. The van der Waals surface area contributed by atoms with Gasteiger partial charge in [0, 0.05) is 42.0 Å². The normalized spacial score (nSPS) is 14.8. The van der Waals surface area contributed by atoms with E-state index in [9.17, 15) is 0 Å². The predicted molar refractivity (Wildman–Crippen MR) is 83.5 cm³/mol. The van der Waals surface area contributed by atoms with Gasteiger partial charge in [0.1, 0.15) is 0 Å². The van der Waals surface area contributed by atoms with Crippen molar-refractivity contribution >= 4 is 16.5 Å². The summed E-state index contributed by atoms with van der Waals surface area (Å²) in [5.41, 5.74) is 4.84. The van der Waals surface area contributed by atoms with Gasteiger partial charge in [0.2, 0.25) is 0 Å². The second kappa shape index (κ2) is 5.58. The molecule has 0 unspecified atom stereocenters. The molecule has 1 aliphatic rings. The highest BCUT2D eigenvalue weighted by Crippen LogP contribution is 2.32. The first-order valence-electron chi connectivity index (χ1n) is 7.07. The molecule has 4 nitrogen and oxygen atoms in total. The number of aromatic nitrogens is 2. The standard InChI is InChI=1S/C15H21N3OS/c1-10-8-13(11(2)18(10)6-7-19-3)14-9-20-15(17-14)16-12-4-5-12/h8-9,12H,4-7H2,1-3H3,(H,16,17). The summed E-state index contributed by atoms with van der Waals surface area (Å²) >= 11 is 1.70. The number of rotatable bonds is 6. The predicted octanol–water partition coefficient (Wildman–Crippen LogP) is 3.45. The van der Waals surface area contributed by atoms with Crippen LogP contribution in [0, 0.1) is 13.8 Å². The Hall–Kier alpha value is -1.33. The van der Waals surface area contributed by atoms with Gasteiger partial charge in [-0.15, -0.1) is 11.3 Å². The number of ether oxygens (including phenoxy) is 1. The third-order valence-electron chi connectivity index (χ3n) is 3.78. The minimum atomic E-state index is 0.656. The molecule has 0 amide bonds. The average Bonchev–Trinajstić information content (AvgIpc) is 3.04. The molecule has 0 aliphatic heterocycles.